The van der Waals surface area contributed by atoms with E-state index in [4.69, 9.17) is 12.2 Å². The normalized spacial score (nSPS) is 9.85. The quantitative estimate of drug-likeness (QED) is 0.449. The maximum absolute atomic E-state index is 5.39. The van der Waals surface area contributed by atoms with Crippen molar-refractivity contribution in [1.29, 1.82) is 0 Å². The molecule has 0 atom stereocenters. The Labute approximate surface area is 89.0 Å². The number of hydrogen-bond acceptors (Lipinski definition) is 1. The molecule has 1 heterocycles. The molecule has 0 N–H and O–H groups in total. The van der Waals surface area contributed by atoms with Gasteiger partial charge in [0.2, 0.25) is 0 Å². The summed E-state index contributed by atoms with van der Waals surface area (Å²) in [5.74, 6) is 0. The Morgan fingerprint density at radius 1 is 1.00 bits per heavy atom. The Morgan fingerprint density at radius 2 is 1.77 bits per heavy atom. The van der Waals surface area contributed by atoms with Crippen LogP contribution in [0.4, 0.5) is 0 Å². The molecule has 0 aliphatic heterocycles. The van der Waals surface area contributed by atoms with Gasteiger partial charge in [-0.2, -0.15) is 0 Å². The molecule has 0 unspecified atom stereocenters. The van der Waals surface area contributed by atoms with Gasteiger partial charge in [-0.25, -0.2) is 0 Å². The van der Waals surface area contributed by atoms with Crippen LogP contribution >= 0.6 is 12.2 Å². The van der Waals surface area contributed by atoms with E-state index < -0.39 is 0 Å². The first kappa shape index (κ1) is 8.89. The molecule has 0 aliphatic rings. The molecule has 0 saturated heterocycles. The van der Waals surface area contributed by atoms with E-state index in [9.17, 15) is 0 Å². The fourth-order valence-corrected chi connectivity index (χ4v) is 3.03. The van der Waals surface area contributed by atoms with E-state index in [-0.39, 0.29) is 0 Å². The van der Waals surface area contributed by atoms with Gasteiger partial charge in [0.15, 0.2) is 0 Å². The molecule has 2 heteroatoms. The minimum atomic E-state index is 0.451. The van der Waals surface area contributed by atoms with Crippen molar-refractivity contribution in [2.24, 2.45) is 0 Å². The second kappa shape index (κ2) is 4.01. The van der Waals surface area contributed by atoms with Crippen molar-refractivity contribution in [1.82, 2.24) is 0 Å². The molecule has 13 heavy (non-hydrogen) atoms. The molecule has 0 nitrogen and oxygen atoms in total. The summed E-state index contributed by atoms with van der Waals surface area (Å²) in [4.78, 5) is 3.20. The van der Waals surface area contributed by atoms with Crippen molar-refractivity contribution in [3.63, 3.8) is 0 Å². The predicted molar refractivity (Wildman–Crippen MR) is 60.6 cm³/mol. The van der Waals surface area contributed by atoms with Crippen LogP contribution in [0.5, 0.6) is 0 Å². The summed E-state index contributed by atoms with van der Waals surface area (Å²) in [5.41, 5.74) is 1.16. The van der Waals surface area contributed by atoms with Gasteiger partial charge in [-0.3, -0.25) is 0 Å². The van der Waals surface area contributed by atoms with E-state index in [1.54, 1.807) is 0 Å². The summed E-state index contributed by atoms with van der Waals surface area (Å²) in [6, 6.07) is 14.4. The third-order valence-corrected chi connectivity index (χ3v) is 4.39. The van der Waals surface area contributed by atoms with Crippen LogP contribution in [0.25, 0.3) is 0 Å². The second-order valence-electron chi connectivity index (χ2n) is 2.67. The molecular formula is C11H8SSe. The molecular weight excluding hydrogens is 243 g/mol. The molecule has 1 aromatic heterocycles. The van der Waals surface area contributed by atoms with Crippen LogP contribution in [0.1, 0.15) is 10.0 Å². The van der Waals surface area contributed by atoms with Gasteiger partial charge >= 0.3 is 89.0 Å². The molecule has 0 radical (unpaired) electrons. The average Bonchev–Trinajstić information content (AvgIpc) is 2.71. The SMILES string of the molecule is S=C(c1ccccc1)c1ccc[se]1. The predicted octanol–water partition coefficient (Wildman–Crippen LogP) is 2.51. The van der Waals surface area contributed by atoms with Gasteiger partial charge in [0.05, 0.1) is 0 Å². The zero-order valence-corrected chi connectivity index (χ0v) is 9.46. The first-order chi connectivity index (χ1) is 6.38. The Bertz CT molecular complexity index is 389. The standard InChI is InChI=1S/C11H8SSe/c12-11(10-7-4-8-13-10)9-5-2-1-3-6-9/h1-8H. The molecule has 0 aliphatic carbocycles. The van der Waals surface area contributed by atoms with Gasteiger partial charge in [-0.15, -0.1) is 0 Å². The molecule has 0 spiro atoms. The van der Waals surface area contributed by atoms with Crippen LogP contribution in [-0.4, -0.2) is 19.4 Å². The monoisotopic (exact) mass is 252 g/mol. The van der Waals surface area contributed by atoms with Crippen LogP contribution in [0.2, 0.25) is 0 Å². The van der Waals surface area contributed by atoms with E-state index in [1.807, 2.05) is 18.2 Å². The van der Waals surface area contributed by atoms with Crippen LogP contribution in [-0.2, 0) is 0 Å². The third kappa shape index (κ3) is 1.97. The van der Waals surface area contributed by atoms with Crippen LogP contribution in [0.3, 0.4) is 0 Å². The molecule has 1 aromatic carbocycles. The Hall–Kier alpha value is -0.691. The molecule has 0 saturated carbocycles. The van der Waals surface area contributed by atoms with E-state index in [0.717, 1.165) is 10.4 Å². The van der Waals surface area contributed by atoms with Crippen molar-refractivity contribution in [2.75, 3.05) is 0 Å². The fraction of sp³-hybridized carbons (Fsp3) is 0. The average molecular weight is 251 g/mol. The summed E-state index contributed by atoms with van der Waals surface area (Å²) in [6.45, 7) is 0. The van der Waals surface area contributed by atoms with Gasteiger partial charge in [0.1, 0.15) is 0 Å². The van der Waals surface area contributed by atoms with Crippen LogP contribution in [0, 0.1) is 0 Å². The maximum atomic E-state index is 5.39. The Kier molecular flexibility index (Phi) is 2.74. The van der Waals surface area contributed by atoms with Crippen LogP contribution in [0.15, 0.2) is 47.4 Å². The number of thiocarbonyl (C=S) groups is 1. The van der Waals surface area contributed by atoms with Crippen LogP contribution < -0.4 is 0 Å². The van der Waals surface area contributed by atoms with E-state index >= 15 is 0 Å². The van der Waals surface area contributed by atoms with Gasteiger partial charge in [-0.05, 0) is 0 Å². The van der Waals surface area contributed by atoms with Gasteiger partial charge < -0.3 is 0 Å². The molecule has 2 rings (SSSR count). The minimum absolute atomic E-state index is 0.451. The van der Waals surface area contributed by atoms with Crippen molar-refractivity contribution in [3.05, 3.63) is 57.4 Å². The molecule has 64 valence electrons. The van der Waals surface area contributed by atoms with E-state index in [2.05, 4.69) is 29.2 Å². The van der Waals surface area contributed by atoms with Crippen molar-refractivity contribution in [3.8, 4) is 0 Å². The van der Waals surface area contributed by atoms with Crippen molar-refractivity contribution in [2.45, 2.75) is 0 Å². The zero-order valence-electron chi connectivity index (χ0n) is 6.94. The van der Waals surface area contributed by atoms with Gasteiger partial charge in [0.25, 0.3) is 0 Å². The van der Waals surface area contributed by atoms with E-state index in [0.29, 0.717) is 14.5 Å². The molecule has 0 amide bonds. The van der Waals surface area contributed by atoms with E-state index in [1.165, 1.54) is 4.44 Å². The van der Waals surface area contributed by atoms with Gasteiger partial charge in [0, 0.05) is 0 Å². The Morgan fingerprint density at radius 3 is 2.38 bits per heavy atom. The Balaban J connectivity index is 2.34. The summed E-state index contributed by atoms with van der Waals surface area (Å²) in [6.07, 6.45) is 0. The van der Waals surface area contributed by atoms with Gasteiger partial charge in [-0.1, -0.05) is 0 Å². The first-order valence-corrected chi connectivity index (χ1v) is 6.26. The summed E-state index contributed by atoms with van der Waals surface area (Å²) < 4.78 is 1.31. The molecule has 0 bridgehead atoms. The zero-order chi connectivity index (χ0) is 9.10. The number of hydrogen-bond donors (Lipinski definition) is 0. The molecule has 2 aromatic rings. The third-order valence-electron chi connectivity index (χ3n) is 1.78. The number of benzene rings is 1. The summed E-state index contributed by atoms with van der Waals surface area (Å²) in [5, 5.41) is 0. The summed E-state index contributed by atoms with van der Waals surface area (Å²) in [7, 11) is 0. The number of rotatable bonds is 2. The fourth-order valence-electron chi connectivity index (χ4n) is 1.14. The first-order valence-electron chi connectivity index (χ1n) is 4.01. The van der Waals surface area contributed by atoms with Crippen molar-refractivity contribution < 1.29 is 0 Å². The topological polar surface area (TPSA) is 0 Å². The second-order valence-corrected chi connectivity index (χ2v) is 5.07. The van der Waals surface area contributed by atoms with Crippen molar-refractivity contribution >= 4 is 31.6 Å². The molecule has 0 fully saturated rings. The summed E-state index contributed by atoms with van der Waals surface area (Å²) >= 11 is 5.84.